The molecule has 0 N–H and O–H groups in total. The van der Waals surface area contributed by atoms with Crippen LogP contribution < -0.4 is 0 Å². The molecule has 0 radical (unpaired) electrons. The van der Waals surface area contributed by atoms with Crippen molar-refractivity contribution in [1.82, 2.24) is 0 Å². The SMILES string of the molecule is CC/C=C\C/C=C\C/C=C\C/C=C\C/C=C\C/C=C\C/C=C\C/C=C\CCCCCCCCCCCCC(=O)OCC(COC(=O)CCCCCCC)OC(=O)CCCCCCCCCCCCCC. The average molecular weight is 974 g/mol. The Morgan fingerprint density at radius 3 is 0.871 bits per heavy atom. The summed E-state index contributed by atoms with van der Waals surface area (Å²) < 4.78 is 16.7. The van der Waals surface area contributed by atoms with Crippen LogP contribution in [0, 0.1) is 0 Å². The largest absolute Gasteiger partial charge is 0.462 e. The zero-order valence-corrected chi connectivity index (χ0v) is 45.8. The first kappa shape index (κ1) is 66.3. The summed E-state index contributed by atoms with van der Waals surface area (Å²) in [5.41, 5.74) is 0. The van der Waals surface area contributed by atoms with Crippen LogP contribution in [-0.4, -0.2) is 37.2 Å². The van der Waals surface area contributed by atoms with Crippen LogP contribution >= 0.6 is 0 Å². The first-order valence-corrected chi connectivity index (χ1v) is 29.2. The average Bonchev–Trinajstić information content (AvgIpc) is 3.36. The lowest BCUT2D eigenvalue weighted by Crippen LogP contribution is -2.30. The first-order valence-electron chi connectivity index (χ1n) is 29.2. The number of rotatable bonds is 52. The molecule has 0 aliphatic heterocycles. The molecule has 0 heterocycles. The lowest BCUT2D eigenvalue weighted by molar-refractivity contribution is -0.167. The van der Waals surface area contributed by atoms with Crippen molar-refractivity contribution in [1.29, 1.82) is 0 Å². The van der Waals surface area contributed by atoms with Crippen LogP contribution in [0.1, 0.15) is 271 Å². The minimum absolute atomic E-state index is 0.0760. The van der Waals surface area contributed by atoms with Gasteiger partial charge in [-0.1, -0.05) is 266 Å². The molecule has 70 heavy (non-hydrogen) atoms. The van der Waals surface area contributed by atoms with Crippen LogP contribution in [0.15, 0.2) is 97.2 Å². The van der Waals surface area contributed by atoms with E-state index in [-0.39, 0.29) is 31.1 Å². The van der Waals surface area contributed by atoms with Gasteiger partial charge in [0, 0.05) is 19.3 Å². The van der Waals surface area contributed by atoms with Gasteiger partial charge in [0.05, 0.1) is 0 Å². The van der Waals surface area contributed by atoms with Crippen LogP contribution in [0.2, 0.25) is 0 Å². The zero-order valence-electron chi connectivity index (χ0n) is 45.8. The molecule has 0 aliphatic rings. The number of ether oxygens (including phenoxy) is 3. The number of hydrogen-bond acceptors (Lipinski definition) is 6. The molecular weight excluding hydrogens is 865 g/mol. The van der Waals surface area contributed by atoms with Crippen LogP contribution in [-0.2, 0) is 28.6 Å². The smallest absolute Gasteiger partial charge is 0.306 e. The van der Waals surface area contributed by atoms with Gasteiger partial charge >= 0.3 is 17.9 Å². The summed E-state index contributed by atoms with van der Waals surface area (Å²) in [4.78, 5) is 37.7. The van der Waals surface area contributed by atoms with Gasteiger partial charge in [0.25, 0.3) is 0 Å². The number of unbranched alkanes of at least 4 members (excludes halogenated alkanes) is 25. The van der Waals surface area contributed by atoms with Crippen LogP contribution in [0.3, 0.4) is 0 Å². The molecule has 1 atom stereocenters. The van der Waals surface area contributed by atoms with E-state index >= 15 is 0 Å². The number of esters is 3. The van der Waals surface area contributed by atoms with Gasteiger partial charge in [-0.2, -0.15) is 0 Å². The van der Waals surface area contributed by atoms with Gasteiger partial charge in [0.1, 0.15) is 13.2 Å². The summed E-state index contributed by atoms with van der Waals surface area (Å²) in [5.74, 6) is -0.891. The van der Waals surface area contributed by atoms with Gasteiger partial charge in [-0.25, -0.2) is 0 Å². The summed E-state index contributed by atoms with van der Waals surface area (Å²) in [6, 6.07) is 0. The molecule has 0 aromatic heterocycles. The number of carbonyl (C=O) groups excluding carboxylic acids is 3. The summed E-state index contributed by atoms with van der Waals surface area (Å²) in [7, 11) is 0. The molecule has 1 unspecified atom stereocenters. The van der Waals surface area contributed by atoms with Crippen molar-refractivity contribution >= 4 is 17.9 Å². The van der Waals surface area contributed by atoms with E-state index in [0.717, 1.165) is 116 Å². The molecule has 6 nitrogen and oxygen atoms in total. The van der Waals surface area contributed by atoms with Gasteiger partial charge in [-0.05, 0) is 83.5 Å². The van der Waals surface area contributed by atoms with Crippen molar-refractivity contribution in [2.45, 2.75) is 277 Å². The van der Waals surface area contributed by atoms with Crippen molar-refractivity contribution in [3.05, 3.63) is 97.2 Å². The highest BCUT2D eigenvalue weighted by Crippen LogP contribution is 2.15. The fourth-order valence-corrected chi connectivity index (χ4v) is 7.99. The molecule has 0 saturated heterocycles. The molecule has 6 heteroatoms. The summed E-state index contributed by atoms with van der Waals surface area (Å²) in [6.45, 7) is 6.44. The lowest BCUT2D eigenvalue weighted by Gasteiger charge is -2.18. The van der Waals surface area contributed by atoms with E-state index in [1.165, 1.54) is 116 Å². The normalized spacial score (nSPS) is 12.8. The maximum Gasteiger partial charge on any atom is 0.306 e. The molecule has 0 aromatic carbocycles. The van der Waals surface area contributed by atoms with Crippen molar-refractivity contribution in [2.75, 3.05) is 13.2 Å². The van der Waals surface area contributed by atoms with Gasteiger partial charge in [-0.15, -0.1) is 0 Å². The third kappa shape index (κ3) is 55.3. The second-order valence-corrected chi connectivity index (χ2v) is 19.2. The van der Waals surface area contributed by atoms with E-state index in [2.05, 4.69) is 118 Å². The fourth-order valence-electron chi connectivity index (χ4n) is 7.99. The Labute approximate surface area is 432 Å². The lowest BCUT2D eigenvalue weighted by atomic mass is 10.0. The second-order valence-electron chi connectivity index (χ2n) is 19.2. The highest BCUT2D eigenvalue weighted by Gasteiger charge is 2.19. The fraction of sp³-hybridized carbons (Fsp3) is 0.703. The molecule has 0 aromatic rings. The highest BCUT2D eigenvalue weighted by molar-refractivity contribution is 5.71. The number of hydrogen-bond donors (Lipinski definition) is 0. The third-order valence-corrected chi connectivity index (χ3v) is 12.4. The molecule has 400 valence electrons. The van der Waals surface area contributed by atoms with E-state index < -0.39 is 6.10 Å². The Morgan fingerprint density at radius 2 is 0.557 bits per heavy atom. The summed E-state index contributed by atoms with van der Waals surface area (Å²) >= 11 is 0. The molecule has 0 aliphatic carbocycles. The minimum atomic E-state index is -0.771. The van der Waals surface area contributed by atoms with E-state index in [4.69, 9.17) is 14.2 Å². The Balaban J connectivity index is 3.99. The Kier molecular flexibility index (Phi) is 54.9. The van der Waals surface area contributed by atoms with Crippen molar-refractivity contribution in [2.24, 2.45) is 0 Å². The van der Waals surface area contributed by atoms with Crippen molar-refractivity contribution < 1.29 is 28.6 Å². The molecule has 0 rings (SSSR count). The molecule has 0 spiro atoms. The predicted molar refractivity (Wildman–Crippen MR) is 302 cm³/mol. The van der Waals surface area contributed by atoms with Gasteiger partial charge < -0.3 is 14.2 Å². The Hall–Kier alpha value is -3.67. The van der Waals surface area contributed by atoms with Crippen LogP contribution in [0.4, 0.5) is 0 Å². The maximum atomic E-state index is 12.7. The Morgan fingerprint density at radius 1 is 0.300 bits per heavy atom. The topological polar surface area (TPSA) is 78.9 Å². The maximum absolute atomic E-state index is 12.7. The molecule has 0 saturated carbocycles. The van der Waals surface area contributed by atoms with E-state index in [1.807, 2.05) is 0 Å². The molecular formula is C64H108O6. The first-order chi connectivity index (χ1) is 34.5. The van der Waals surface area contributed by atoms with E-state index in [9.17, 15) is 14.4 Å². The third-order valence-electron chi connectivity index (χ3n) is 12.4. The summed E-state index contributed by atoms with van der Waals surface area (Å²) in [5, 5.41) is 0. The molecule has 0 bridgehead atoms. The van der Waals surface area contributed by atoms with Crippen molar-refractivity contribution in [3.8, 4) is 0 Å². The zero-order chi connectivity index (χ0) is 50.7. The second kappa shape index (κ2) is 57.9. The van der Waals surface area contributed by atoms with Gasteiger partial charge in [0.15, 0.2) is 6.10 Å². The highest BCUT2D eigenvalue weighted by atomic mass is 16.6. The summed E-state index contributed by atoms with van der Waals surface area (Å²) in [6.07, 6.45) is 77.4. The minimum Gasteiger partial charge on any atom is -0.462 e. The van der Waals surface area contributed by atoms with E-state index in [1.54, 1.807) is 0 Å². The number of allylic oxidation sites excluding steroid dienone is 16. The molecule has 0 fully saturated rings. The predicted octanol–water partition coefficient (Wildman–Crippen LogP) is 19.7. The number of carbonyl (C=O) groups is 3. The van der Waals surface area contributed by atoms with Gasteiger partial charge in [0.2, 0.25) is 0 Å². The standard InChI is InChI=1S/C64H108O6/c1-4-7-10-13-15-17-19-21-22-23-24-25-26-27-28-29-30-31-32-33-34-35-36-37-38-39-40-41-42-43-45-46-48-51-54-57-63(66)69-60-61(59-68-62(65)56-53-50-12-9-6-3)70-64(67)58-55-52-49-47-44-20-18-16-14-11-8-5-2/h7,10,15,17,21-22,24-25,27-28,30-31,33-34,36-37,61H,4-6,8-9,11-14,16,18-20,23,26,29,32,35,38-60H2,1-3H3/b10-7-,17-15-,22-21-,25-24-,28-27-,31-30-,34-33-,37-36-. The van der Waals surface area contributed by atoms with Gasteiger partial charge in [-0.3, -0.25) is 14.4 Å². The monoisotopic (exact) mass is 973 g/mol. The Bertz CT molecular complexity index is 1400. The van der Waals surface area contributed by atoms with Crippen LogP contribution in [0.5, 0.6) is 0 Å². The quantitative estimate of drug-likeness (QED) is 0.0262. The van der Waals surface area contributed by atoms with Crippen molar-refractivity contribution in [3.63, 3.8) is 0 Å². The molecule has 0 amide bonds. The van der Waals surface area contributed by atoms with Crippen LogP contribution in [0.25, 0.3) is 0 Å². The van der Waals surface area contributed by atoms with E-state index in [0.29, 0.717) is 19.3 Å².